The Labute approximate surface area is 100 Å². The first-order chi connectivity index (χ1) is 8.24. The third-order valence-corrected chi connectivity index (χ3v) is 3.30. The van der Waals surface area contributed by atoms with E-state index >= 15 is 0 Å². The monoisotopic (exact) mass is 232 g/mol. The minimum Gasteiger partial charge on any atom is -0.382 e. The Balaban J connectivity index is 1.75. The van der Waals surface area contributed by atoms with Crippen molar-refractivity contribution in [3.05, 3.63) is 17.8 Å². The largest absolute Gasteiger partial charge is 0.382 e. The summed E-state index contributed by atoms with van der Waals surface area (Å²) < 4.78 is 0. The van der Waals surface area contributed by atoms with Crippen molar-refractivity contribution >= 4 is 11.7 Å². The molecule has 0 saturated heterocycles. The van der Waals surface area contributed by atoms with Crippen LogP contribution in [0.5, 0.6) is 0 Å². The van der Waals surface area contributed by atoms with Gasteiger partial charge >= 0.3 is 0 Å². The lowest BCUT2D eigenvalue weighted by Crippen LogP contribution is -2.35. The van der Waals surface area contributed by atoms with Crippen LogP contribution in [-0.2, 0) is 0 Å². The van der Waals surface area contributed by atoms with E-state index in [4.69, 9.17) is 5.73 Å². The average Bonchev–Trinajstić information content (AvgIpc) is 3.18. The summed E-state index contributed by atoms with van der Waals surface area (Å²) in [6.45, 7) is 0.884. The molecule has 1 aromatic heterocycles. The molecule has 2 aliphatic carbocycles. The molecule has 0 spiro atoms. The highest BCUT2D eigenvalue weighted by Crippen LogP contribution is 2.35. The number of carbonyl (C=O) groups is 1. The van der Waals surface area contributed by atoms with Gasteiger partial charge in [0.25, 0.3) is 5.91 Å². The summed E-state index contributed by atoms with van der Waals surface area (Å²) >= 11 is 0. The number of nitrogens with two attached hydrogens (primary N) is 1. The number of nitrogen functional groups attached to an aromatic ring is 1. The molecule has 0 aromatic carbocycles. The van der Waals surface area contributed by atoms with Crippen LogP contribution in [0.4, 0.5) is 5.82 Å². The molecule has 90 valence electrons. The van der Waals surface area contributed by atoms with Crippen molar-refractivity contribution in [2.24, 2.45) is 5.92 Å². The summed E-state index contributed by atoms with van der Waals surface area (Å²) in [5, 5.41) is 7.61. The second-order valence-corrected chi connectivity index (χ2v) is 4.98. The number of amides is 1. The van der Waals surface area contributed by atoms with Gasteiger partial charge in [0, 0.05) is 12.6 Å². The third kappa shape index (κ3) is 2.38. The molecule has 1 heterocycles. The van der Waals surface area contributed by atoms with Crippen LogP contribution in [0.1, 0.15) is 36.2 Å². The van der Waals surface area contributed by atoms with Crippen LogP contribution in [0.3, 0.4) is 0 Å². The van der Waals surface area contributed by atoms with E-state index in [1.54, 1.807) is 12.1 Å². The quantitative estimate of drug-likeness (QED) is 0.843. The van der Waals surface area contributed by atoms with E-state index in [9.17, 15) is 4.79 Å². The molecular weight excluding hydrogens is 216 g/mol. The number of anilines is 1. The lowest BCUT2D eigenvalue weighted by atomic mass is 10.3. The first-order valence-corrected chi connectivity index (χ1v) is 6.14. The zero-order valence-electron chi connectivity index (χ0n) is 9.67. The maximum Gasteiger partial charge on any atom is 0.274 e. The van der Waals surface area contributed by atoms with Crippen molar-refractivity contribution in [1.29, 1.82) is 0 Å². The summed E-state index contributed by atoms with van der Waals surface area (Å²) in [6.07, 6.45) is 4.76. The maximum absolute atomic E-state index is 12.3. The van der Waals surface area contributed by atoms with Crippen molar-refractivity contribution in [3.63, 3.8) is 0 Å². The predicted molar refractivity (Wildman–Crippen MR) is 63.2 cm³/mol. The molecule has 2 saturated carbocycles. The third-order valence-electron chi connectivity index (χ3n) is 3.30. The number of hydrogen-bond acceptors (Lipinski definition) is 4. The van der Waals surface area contributed by atoms with Crippen LogP contribution in [0, 0.1) is 5.92 Å². The van der Waals surface area contributed by atoms with E-state index < -0.39 is 0 Å². The van der Waals surface area contributed by atoms with Gasteiger partial charge in [-0.05, 0) is 43.7 Å². The molecule has 2 fully saturated rings. The van der Waals surface area contributed by atoms with Crippen LogP contribution in [-0.4, -0.2) is 33.6 Å². The van der Waals surface area contributed by atoms with E-state index in [-0.39, 0.29) is 5.91 Å². The number of aromatic nitrogens is 2. The van der Waals surface area contributed by atoms with E-state index in [0.717, 1.165) is 19.4 Å². The second-order valence-electron chi connectivity index (χ2n) is 4.98. The molecule has 1 aromatic rings. The van der Waals surface area contributed by atoms with Gasteiger partial charge in [-0.25, -0.2) is 0 Å². The molecular formula is C12H16N4O. The number of carbonyl (C=O) groups excluding carboxylic acids is 1. The molecule has 0 unspecified atom stereocenters. The lowest BCUT2D eigenvalue weighted by molar-refractivity contribution is 0.0727. The Bertz CT molecular complexity index is 423. The number of hydrogen-bond donors (Lipinski definition) is 1. The zero-order chi connectivity index (χ0) is 11.8. The molecule has 0 atom stereocenters. The second kappa shape index (κ2) is 3.98. The van der Waals surface area contributed by atoms with Crippen LogP contribution in [0.15, 0.2) is 12.1 Å². The van der Waals surface area contributed by atoms with Crippen LogP contribution < -0.4 is 5.73 Å². The van der Waals surface area contributed by atoms with Crippen molar-refractivity contribution in [3.8, 4) is 0 Å². The SMILES string of the molecule is Nc1ccc(C(=O)N(CC2CC2)C2CC2)nn1. The highest BCUT2D eigenvalue weighted by molar-refractivity contribution is 5.92. The minimum absolute atomic E-state index is 0.00639. The summed E-state index contributed by atoms with van der Waals surface area (Å²) in [7, 11) is 0. The van der Waals surface area contributed by atoms with Crippen molar-refractivity contribution in [2.75, 3.05) is 12.3 Å². The summed E-state index contributed by atoms with van der Waals surface area (Å²) in [5.41, 5.74) is 5.88. The molecule has 5 heteroatoms. The first-order valence-electron chi connectivity index (χ1n) is 6.14. The lowest BCUT2D eigenvalue weighted by Gasteiger charge is -2.21. The fourth-order valence-corrected chi connectivity index (χ4v) is 1.97. The van der Waals surface area contributed by atoms with E-state index in [1.165, 1.54) is 12.8 Å². The molecule has 1 amide bonds. The predicted octanol–water partition coefficient (Wildman–Crippen LogP) is 1.07. The van der Waals surface area contributed by atoms with Gasteiger partial charge in [0.15, 0.2) is 5.69 Å². The molecule has 2 N–H and O–H groups in total. The normalized spacial score (nSPS) is 19.1. The van der Waals surface area contributed by atoms with Crippen molar-refractivity contribution < 1.29 is 4.79 Å². The molecule has 0 radical (unpaired) electrons. The van der Waals surface area contributed by atoms with Gasteiger partial charge in [-0.1, -0.05) is 0 Å². The summed E-state index contributed by atoms with van der Waals surface area (Å²) in [6, 6.07) is 3.72. The fraction of sp³-hybridized carbons (Fsp3) is 0.583. The van der Waals surface area contributed by atoms with Gasteiger partial charge < -0.3 is 10.6 Å². The highest BCUT2D eigenvalue weighted by atomic mass is 16.2. The van der Waals surface area contributed by atoms with Gasteiger partial charge in [-0.15, -0.1) is 10.2 Å². The molecule has 5 nitrogen and oxygen atoms in total. The van der Waals surface area contributed by atoms with Crippen molar-refractivity contribution in [1.82, 2.24) is 15.1 Å². The minimum atomic E-state index is 0.00639. The van der Waals surface area contributed by atoms with Gasteiger partial charge in [-0.2, -0.15) is 0 Å². The van der Waals surface area contributed by atoms with E-state index in [2.05, 4.69) is 10.2 Å². The number of rotatable bonds is 4. The van der Waals surface area contributed by atoms with Gasteiger partial charge in [0.2, 0.25) is 0 Å². The molecule has 2 aliphatic rings. The molecule has 3 rings (SSSR count). The zero-order valence-corrected chi connectivity index (χ0v) is 9.67. The smallest absolute Gasteiger partial charge is 0.274 e. The Morgan fingerprint density at radius 3 is 2.59 bits per heavy atom. The molecule has 17 heavy (non-hydrogen) atoms. The van der Waals surface area contributed by atoms with Gasteiger partial charge in [0.05, 0.1) is 0 Å². The summed E-state index contributed by atoms with van der Waals surface area (Å²) in [4.78, 5) is 14.3. The Hall–Kier alpha value is -1.65. The average molecular weight is 232 g/mol. The van der Waals surface area contributed by atoms with Gasteiger partial charge in [-0.3, -0.25) is 4.79 Å². The van der Waals surface area contributed by atoms with Crippen molar-refractivity contribution in [2.45, 2.75) is 31.7 Å². The first kappa shape index (κ1) is 10.5. The number of nitrogens with zero attached hydrogens (tertiary/aromatic N) is 3. The van der Waals surface area contributed by atoms with E-state index in [1.807, 2.05) is 4.90 Å². The molecule has 0 aliphatic heterocycles. The summed E-state index contributed by atoms with van der Waals surface area (Å²) in [5.74, 6) is 1.06. The fourth-order valence-electron chi connectivity index (χ4n) is 1.97. The van der Waals surface area contributed by atoms with Crippen LogP contribution in [0.25, 0.3) is 0 Å². The maximum atomic E-state index is 12.3. The van der Waals surface area contributed by atoms with Crippen LogP contribution in [0.2, 0.25) is 0 Å². The van der Waals surface area contributed by atoms with Crippen LogP contribution >= 0.6 is 0 Å². The van der Waals surface area contributed by atoms with E-state index in [0.29, 0.717) is 23.5 Å². The Morgan fingerprint density at radius 1 is 1.29 bits per heavy atom. The topological polar surface area (TPSA) is 72.1 Å². The highest BCUT2D eigenvalue weighted by Gasteiger charge is 2.37. The standard InChI is InChI=1S/C12H16N4O/c13-11-6-5-10(14-15-11)12(17)16(9-3-4-9)7-8-1-2-8/h5-6,8-9H,1-4,7H2,(H2,13,15). The molecule has 0 bridgehead atoms. The van der Waals surface area contributed by atoms with Gasteiger partial charge in [0.1, 0.15) is 5.82 Å². The Kier molecular flexibility index (Phi) is 2.46. The Morgan fingerprint density at radius 2 is 2.06 bits per heavy atom.